The van der Waals surface area contributed by atoms with Gasteiger partial charge in [0.1, 0.15) is 0 Å². The maximum absolute atomic E-state index is 11.7. The van der Waals surface area contributed by atoms with Gasteiger partial charge in [-0.15, -0.1) is 0 Å². The largest absolute Gasteiger partial charge is 0.395 e. The molecule has 0 bridgehead atoms. The van der Waals surface area contributed by atoms with Gasteiger partial charge in [0.25, 0.3) is 0 Å². The number of nitrogens with zero attached hydrogens (tertiary/aromatic N) is 2. The van der Waals surface area contributed by atoms with Crippen LogP contribution in [0.4, 0.5) is 0 Å². The molecular weight excluding hydrogens is 204 g/mol. The summed E-state index contributed by atoms with van der Waals surface area (Å²) in [5, 5.41) is 8.64. The lowest BCUT2D eigenvalue weighted by Crippen LogP contribution is -2.29. The Labute approximate surface area is 83.6 Å². The summed E-state index contributed by atoms with van der Waals surface area (Å²) < 4.78 is 26.3. The minimum atomic E-state index is -3.43. The zero-order valence-corrected chi connectivity index (χ0v) is 9.03. The monoisotopic (exact) mass is 218 g/mol. The quantitative estimate of drug-likeness (QED) is 0.750. The van der Waals surface area contributed by atoms with Gasteiger partial charge < -0.3 is 9.67 Å². The van der Waals surface area contributed by atoms with E-state index in [2.05, 4.69) is 0 Å². The molecule has 0 spiro atoms. The molecule has 6 heteroatoms. The van der Waals surface area contributed by atoms with Crippen molar-refractivity contribution in [1.29, 1.82) is 0 Å². The van der Waals surface area contributed by atoms with Crippen molar-refractivity contribution in [3.05, 3.63) is 18.5 Å². The van der Waals surface area contributed by atoms with Crippen molar-refractivity contribution >= 4 is 10.0 Å². The normalized spacial score (nSPS) is 12.3. The van der Waals surface area contributed by atoms with Crippen LogP contribution in [0.2, 0.25) is 0 Å². The van der Waals surface area contributed by atoms with E-state index >= 15 is 0 Å². The molecule has 0 aromatic carbocycles. The third-order valence-corrected chi connectivity index (χ3v) is 3.77. The smallest absolute Gasteiger partial charge is 0.244 e. The van der Waals surface area contributed by atoms with E-state index < -0.39 is 10.0 Å². The third kappa shape index (κ3) is 2.14. The predicted molar refractivity (Wildman–Crippen MR) is 52.3 cm³/mol. The molecular formula is C8H14N2O3S. The van der Waals surface area contributed by atoms with E-state index in [1.54, 1.807) is 17.8 Å². The topological polar surface area (TPSA) is 62.5 Å². The molecule has 1 N–H and O–H groups in total. The van der Waals surface area contributed by atoms with Crippen molar-refractivity contribution in [3.8, 4) is 0 Å². The lowest BCUT2D eigenvalue weighted by Gasteiger charge is -2.14. The predicted octanol–water partition coefficient (Wildman–Crippen LogP) is -0.362. The van der Waals surface area contributed by atoms with Crippen molar-refractivity contribution < 1.29 is 13.5 Å². The summed E-state index contributed by atoms with van der Waals surface area (Å²) in [5.41, 5.74) is 0. The second-order valence-electron chi connectivity index (χ2n) is 3.06. The van der Waals surface area contributed by atoms with Gasteiger partial charge in [-0.25, -0.2) is 8.42 Å². The number of aliphatic hydroxyl groups excluding tert-OH is 1. The molecule has 0 saturated heterocycles. The molecule has 0 saturated carbocycles. The summed E-state index contributed by atoms with van der Waals surface area (Å²) in [6.07, 6.45) is 3.20. The molecule has 0 aliphatic heterocycles. The number of aliphatic hydroxyl groups is 1. The zero-order chi connectivity index (χ0) is 10.8. The summed E-state index contributed by atoms with van der Waals surface area (Å²) in [5.74, 6) is 0. The Morgan fingerprint density at radius 1 is 1.57 bits per heavy atom. The summed E-state index contributed by atoms with van der Waals surface area (Å²) in [6.45, 7) is -0.0697. The van der Waals surface area contributed by atoms with Crippen LogP contribution >= 0.6 is 0 Å². The second-order valence-corrected chi connectivity index (χ2v) is 5.11. The fraction of sp³-hybridized carbons (Fsp3) is 0.500. The highest BCUT2D eigenvalue weighted by Crippen LogP contribution is 2.13. The highest BCUT2D eigenvalue weighted by Gasteiger charge is 2.20. The first-order valence-electron chi connectivity index (χ1n) is 4.17. The molecule has 1 aromatic heterocycles. The van der Waals surface area contributed by atoms with Gasteiger partial charge in [-0.3, -0.25) is 0 Å². The van der Waals surface area contributed by atoms with Crippen LogP contribution in [0.25, 0.3) is 0 Å². The minimum absolute atomic E-state index is 0.108. The van der Waals surface area contributed by atoms with Gasteiger partial charge in [-0.1, -0.05) is 0 Å². The standard InChI is InChI=1S/C8H14N2O3S/c1-9-4-3-8(7-9)14(12,13)10(2)5-6-11/h3-4,7,11H,5-6H2,1-2H3. The first-order chi connectivity index (χ1) is 6.48. The van der Waals surface area contributed by atoms with E-state index in [4.69, 9.17) is 5.11 Å². The van der Waals surface area contributed by atoms with E-state index in [1.165, 1.54) is 19.3 Å². The van der Waals surface area contributed by atoms with Crippen molar-refractivity contribution in [2.45, 2.75) is 4.90 Å². The molecule has 0 fully saturated rings. The Hall–Kier alpha value is -0.850. The number of rotatable bonds is 4. The van der Waals surface area contributed by atoms with E-state index in [9.17, 15) is 8.42 Å². The molecule has 1 heterocycles. The maximum atomic E-state index is 11.7. The van der Waals surface area contributed by atoms with Gasteiger partial charge >= 0.3 is 0 Å². The Bertz CT molecular complexity index is 396. The van der Waals surface area contributed by atoms with Gasteiger partial charge in [-0.05, 0) is 6.07 Å². The van der Waals surface area contributed by atoms with Crippen LogP contribution in [-0.4, -0.2) is 42.6 Å². The number of likely N-dealkylation sites (N-methyl/N-ethyl adjacent to an activating group) is 1. The summed E-state index contributed by atoms with van der Waals surface area (Å²) in [6, 6.07) is 1.53. The third-order valence-electron chi connectivity index (χ3n) is 1.93. The van der Waals surface area contributed by atoms with Crippen molar-refractivity contribution in [3.63, 3.8) is 0 Å². The molecule has 0 aliphatic rings. The number of aromatic nitrogens is 1. The molecule has 1 rings (SSSR count). The SMILES string of the molecule is CN(CCO)S(=O)(=O)c1ccn(C)c1. The molecule has 0 atom stereocenters. The van der Waals surface area contributed by atoms with Crippen LogP contribution in [0, 0.1) is 0 Å². The summed E-state index contributed by atoms with van der Waals surface area (Å²) in [4.78, 5) is 0.246. The molecule has 5 nitrogen and oxygen atoms in total. The molecule has 1 aromatic rings. The van der Waals surface area contributed by atoms with Crippen LogP contribution < -0.4 is 0 Å². The highest BCUT2D eigenvalue weighted by atomic mass is 32.2. The number of hydrogen-bond acceptors (Lipinski definition) is 3. The number of hydrogen-bond donors (Lipinski definition) is 1. The molecule has 0 amide bonds. The number of sulfonamides is 1. The Kier molecular flexibility index (Phi) is 3.30. The van der Waals surface area contributed by atoms with Crippen LogP contribution in [0.5, 0.6) is 0 Å². The highest BCUT2D eigenvalue weighted by molar-refractivity contribution is 7.89. The molecule has 80 valence electrons. The van der Waals surface area contributed by atoms with Gasteiger partial charge in [0.15, 0.2) is 0 Å². The summed E-state index contributed by atoms with van der Waals surface area (Å²) in [7, 11) is -0.230. The van der Waals surface area contributed by atoms with Crippen molar-refractivity contribution in [2.24, 2.45) is 7.05 Å². The van der Waals surface area contributed by atoms with E-state index in [-0.39, 0.29) is 18.0 Å². The molecule has 0 aliphatic carbocycles. The Morgan fingerprint density at radius 3 is 2.64 bits per heavy atom. The maximum Gasteiger partial charge on any atom is 0.244 e. The number of aryl methyl sites for hydroxylation is 1. The summed E-state index contributed by atoms with van der Waals surface area (Å²) >= 11 is 0. The minimum Gasteiger partial charge on any atom is -0.395 e. The molecule has 0 unspecified atom stereocenters. The molecule has 0 radical (unpaired) electrons. The van der Waals surface area contributed by atoms with Crippen molar-refractivity contribution in [2.75, 3.05) is 20.2 Å². The zero-order valence-electron chi connectivity index (χ0n) is 8.21. The van der Waals surface area contributed by atoms with Crippen LogP contribution in [0.3, 0.4) is 0 Å². The van der Waals surface area contributed by atoms with Gasteiger partial charge in [0.05, 0.1) is 11.5 Å². The first kappa shape index (κ1) is 11.2. The van der Waals surface area contributed by atoms with Crippen LogP contribution in [0.15, 0.2) is 23.4 Å². The fourth-order valence-corrected chi connectivity index (χ4v) is 2.29. The second kappa shape index (κ2) is 4.12. The van der Waals surface area contributed by atoms with Crippen molar-refractivity contribution in [1.82, 2.24) is 8.87 Å². The van der Waals surface area contributed by atoms with E-state index in [0.717, 1.165) is 4.31 Å². The van der Waals surface area contributed by atoms with Gasteiger partial charge in [0, 0.05) is 33.0 Å². The van der Waals surface area contributed by atoms with Gasteiger partial charge in [-0.2, -0.15) is 4.31 Å². The van der Waals surface area contributed by atoms with Gasteiger partial charge in [0.2, 0.25) is 10.0 Å². The lowest BCUT2D eigenvalue weighted by atomic mass is 10.7. The average molecular weight is 218 g/mol. The van der Waals surface area contributed by atoms with Crippen LogP contribution in [0.1, 0.15) is 0 Å². The Morgan fingerprint density at radius 2 is 2.21 bits per heavy atom. The Balaban J connectivity index is 2.96. The fourth-order valence-electron chi connectivity index (χ4n) is 1.07. The van der Waals surface area contributed by atoms with E-state index in [0.29, 0.717) is 0 Å². The van der Waals surface area contributed by atoms with Crippen LogP contribution in [-0.2, 0) is 17.1 Å². The average Bonchev–Trinajstić information content (AvgIpc) is 2.52. The molecule has 14 heavy (non-hydrogen) atoms. The lowest BCUT2D eigenvalue weighted by molar-refractivity contribution is 0.266. The first-order valence-corrected chi connectivity index (χ1v) is 5.61. The van der Waals surface area contributed by atoms with E-state index in [1.807, 2.05) is 0 Å².